The van der Waals surface area contributed by atoms with Gasteiger partial charge in [0.2, 0.25) is 10.0 Å². The lowest BCUT2D eigenvalue weighted by atomic mass is 9.94. The molecule has 116 valence electrons. The third-order valence-corrected chi connectivity index (χ3v) is 4.73. The topological polar surface area (TPSA) is 136 Å². The maximum Gasteiger partial charge on any atom is 0.279 e. The zero-order chi connectivity index (χ0) is 16.1. The molecule has 0 spiro atoms. The predicted molar refractivity (Wildman–Crippen MR) is 80.3 cm³/mol. The molecule has 9 heteroatoms. The fourth-order valence-corrected chi connectivity index (χ4v) is 3.35. The molecule has 0 saturated heterocycles. The number of nitrogens with zero attached hydrogens (tertiary/aromatic N) is 1. The number of aliphatic hydroxyl groups excluding tert-OH is 1. The number of fused-ring (bicyclic) bond motifs is 3. The van der Waals surface area contributed by atoms with E-state index >= 15 is 0 Å². The molecule has 3 rings (SSSR count). The largest absolute Gasteiger partial charge is 0.396 e. The van der Waals surface area contributed by atoms with E-state index in [-0.39, 0.29) is 28.5 Å². The van der Waals surface area contributed by atoms with E-state index in [0.717, 1.165) is 5.56 Å². The number of primary sulfonamides is 1. The van der Waals surface area contributed by atoms with E-state index in [9.17, 15) is 23.6 Å². The number of hydrogen-bond acceptors (Lipinski definition) is 6. The van der Waals surface area contributed by atoms with Gasteiger partial charge in [0.1, 0.15) is 0 Å². The average Bonchev–Trinajstić information content (AvgIpc) is 2.87. The van der Waals surface area contributed by atoms with Crippen LogP contribution < -0.4 is 10.5 Å². The number of aliphatic hydroxyl groups is 1. The second-order valence-electron chi connectivity index (χ2n) is 5.13. The van der Waals surface area contributed by atoms with Crippen molar-refractivity contribution < 1.29 is 18.4 Å². The number of non-ortho nitro benzene ring substituents is 1. The number of benzene rings is 2. The van der Waals surface area contributed by atoms with Gasteiger partial charge in [-0.3, -0.25) is 10.1 Å². The van der Waals surface area contributed by atoms with Crippen LogP contribution in [0.3, 0.4) is 0 Å². The number of hydrogen-bond donors (Lipinski definition) is 3. The zero-order valence-electron chi connectivity index (χ0n) is 11.3. The fourth-order valence-electron chi connectivity index (χ4n) is 2.81. The van der Waals surface area contributed by atoms with Gasteiger partial charge < -0.3 is 10.4 Å². The summed E-state index contributed by atoms with van der Waals surface area (Å²) in [4.78, 5) is 10.5. The van der Waals surface area contributed by atoms with Crippen LogP contribution in [0.15, 0.2) is 29.2 Å². The first-order valence-corrected chi connectivity index (χ1v) is 8.00. The van der Waals surface area contributed by atoms with Crippen LogP contribution in [-0.4, -0.2) is 31.6 Å². The van der Waals surface area contributed by atoms with Crippen LogP contribution in [0.2, 0.25) is 0 Å². The summed E-state index contributed by atoms with van der Waals surface area (Å²) >= 11 is 0. The van der Waals surface area contributed by atoms with Crippen LogP contribution >= 0.6 is 0 Å². The Morgan fingerprint density at radius 1 is 1.36 bits per heavy atom. The molecule has 8 nitrogen and oxygen atoms in total. The molecular formula is C13H13N3O5S. The minimum absolute atomic E-state index is 0.107. The van der Waals surface area contributed by atoms with Crippen LogP contribution in [0.4, 0.5) is 11.4 Å². The summed E-state index contributed by atoms with van der Waals surface area (Å²) in [5.41, 5.74) is 1.14. The molecule has 0 saturated carbocycles. The second-order valence-corrected chi connectivity index (χ2v) is 6.69. The highest BCUT2D eigenvalue weighted by Crippen LogP contribution is 2.42. The summed E-state index contributed by atoms with van der Waals surface area (Å²) in [5, 5.41) is 29.6. The molecule has 0 amide bonds. The number of anilines is 1. The summed E-state index contributed by atoms with van der Waals surface area (Å²) in [6.45, 7) is 0.364. The number of sulfonamides is 1. The number of nitrogens with two attached hydrogens (primary N) is 1. The second kappa shape index (κ2) is 4.90. The Morgan fingerprint density at radius 2 is 2.09 bits per heavy atom. The molecule has 1 heterocycles. The van der Waals surface area contributed by atoms with Gasteiger partial charge >= 0.3 is 0 Å². The lowest BCUT2D eigenvalue weighted by molar-refractivity contribution is -0.383. The summed E-state index contributed by atoms with van der Waals surface area (Å²) in [6.07, 6.45) is 0. The maximum atomic E-state index is 11.5. The van der Waals surface area contributed by atoms with Crippen molar-refractivity contribution in [3.05, 3.63) is 39.9 Å². The number of nitro benzene ring substituents is 1. The first-order valence-electron chi connectivity index (χ1n) is 6.45. The Kier molecular flexibility index (Phi) is 3.28. The smallest absolute Gasteiger partial charge is 0.279 e. The molecule has 2 aromatic carbocycles. The highest BCUT2D eigenvalue weighted by atomic mass is 32.2. The molecule has 1 aliphatic heterocycles. The Hall–Kier alpha value is -2.23. The van der Waals surface area contributed by atoms with Gasteiger partial charge in [-0.05, 0) is 23.1 Å². The van der Waals surface area contributed by atoms with Gasteiger partial charge in [0.25, 0.3) is 5.69 Å². The highest BCUT2D eigenvalue weighted by Gasteiger charge is 2.29. The summed E-state index contributed by atoms with van der Waals surface area (Å²) < 4.78 is 22.9. The van der Waals surface area contributed by atoms with Crippen LogP contribution in [0.1, 0.15) is 11.5 Å². The molecule has 0 aromatic heterocycles. The molecule has 1 aliphatic rings. The van der Waals surface area contributed by atoms with E-state index in [1.165, 1.54) is 24.3 Å². The van der Waals surface area contributed by atoms with Crippen LogP contribution in [0.5, 0.6) is 0 Å². The van der Waals surface area contributed by atoms with Gasteiger partial charge in [0.05, 0.1) is 21.8 Å². The van der Waals surface area contributed by atoms with Gasteiger partial charge in [-0.2, -0.15) is 0 Å². The number of rotatable bonds is 3. The molecule has 4 N–H and O–H groups in total. The molecule has 0 radical (unpaired) electrons. The van der Waals surface area contributed by atoms with Crippen molar-refractivity contribution in [2.75, 3.05) is 18.5 Å². The standard InChI is InChI=1S/C13H13N3O5S/c14-22(20,21)8-1-2-9-10(3-8)12(16(18)19)4-11-13(9)7(6-17)5-15-11/h1-4,7,15,17H,5-6H2,(H2,14,20,21). The van der Waals surface area contributed by atoms with Crippen LogP contribution in [0, 0.1) is 10.1 Å². The molecule has 0 aliphatic carbocycles. The molecule has 1 unspecified atom stereocenters. The van der Waals surface area contributed by atoms with Gasteiger partial charge in [-0.15, -0.1) is 0 Å². The van der Waals surface area contributed by atoms with E-state index in [1.807, 2.05) is 0 Å². The van der Waals surface area contributed by atoms with Crippen LogP contribution in [-0.2, 0) is 10.0 Å². The molecule has 2 aromatic rings. The number of nitro groups is 1. The van der Waals surface area contributed by atoms with Crippen LogP contribution in [0.25, 0.3) is 10.8 Å². The minimum Gasteiger partial charge on any atom is -0.396 e. The van der Waals surface area contributed by atoms with E-state index < -0.39 is 14.9 Å². The van der Waals surface area contributed by atoms with E-state index in [4.69, 9.17) is 5.14 Å². The van der Waals surface area contributed by atoms with Gasteiger partial charge in [-0.25, -0.2) is 13.6 Å². The van der Waals surface area contributed by atoms with Crippen molar-refractivity contribution in [2.24, 2.45) is 5.14 Å². The first-order chi connectivity index (χ1) is 10.3. The van der Waals surface area contributed by atoms with Crippen molar-refractivity contribution in [1.29, 1.82) is 0 Å². The Balaban J connectivity index is 2.40. The predicted octanol–water partition coefficient (Wildman–Crippen LogP) is 0.897. The van der Waals surface area contributed by atoms with Gasteiger partial charge in [-0.1, -0.05) is 6.07 Å². The SMILES string of the molecule is NS(=O)(=O)c1ccc2c3c(cc([N+](=O)[O-])c2c1)NCC3CO. The van der Waals surface area contributed by atoms with E-state index in [2.05, 4.69) is 5.32 Å². The van der Waals surface area contributed by atoms with Crippen molar-refractivity contribution in [3.63, 3.8) is 0 Å². The lowest BCUT2D eigenvalue weighted by Gasteiger charge is -2.11. The van der Waals surface area contributed by atoms with Crippen molar-refractivity contribution >= 4 is 32.2 Å². The highest BCUT2D eigenvalue weighted by molar-refractivity contribution is 7.89. The van der Waals surface area contributed by atoms with E-state index in [1.54, 1.807) is 0 Å². The summed E-state index contributed by atoms with van der Waals surface area (Å²) in [6, 6.07) is 5.38. The summed E-state index contributed by atoms with van der Waals surface area (Å²) in [7, 11) is -3.96. The quantitative estimate of drug-likeness (QED) is 0.567. The minimum atomic E-state index is -3.96. The Morgan fingerprint density at radius 3 is 2.68 bits per heavy atom. The van der Waals surface area contributed by atoms with Crippen molar-refractivity contribution in [1.82, 2.24) is 0 Å². The maximum absolute atomic E-state index is 11.5. The van der Waals surface area contributed by atoms with Gasteiger partial charge in [0, 0.05) is 24.2 Å². The molecule has 0 bridgehead atoms. The molecule has 0 fully saturated rings. The van der Waals surface area contributed by atoms with Crippen molar-refractivity contribution in [2.45, 2.75) is 10.8 Å². The lowest BCUT2D eigenvalue weighted by Crippen LogP contribution is -2.12. The summed E-state index contributed by atoms with van der Waals surface area (Å²) in [5.74, 6) is -0.196. The average molecular weight is 323 g/mol. The monoisotopic (exact) mass is 323 g/mol. The molecular weight excluding hydrogens is 310 g/mol. The molecule has 22 heavy (non-hydrogen) atoms. The number of nitrogens with one attached hydrogen (secondary N) is 1. The van der Waals surface area contributed by atoms with Gasteiger partial charge in [0.15, 0.2) is 0 Å². The fraction of sp³-hybridized carbons (Fsp3) is 0.231. The Bertz CT molecular complexity index is 894. The Labute approximate surface area is 125 Å². The normalized spacial score (nSPS) is 17.3. The zero-order valence-corrected chi connectivity index (χ0v) is 12.1. The third-order valence-electron chi connectivity index (χ3n) is 3.82. The first kappa shape index (κ1) is 14.7. The molecule has 1 atom stereocenters. The third kappa shape index (κ3) is 2.19. The van der Waals surface area contributed by atoms with E-state index in [0.29, 0.717) is 17.6 Å². The van der Waals surface area contributed by atoms with Crippen molar-refractivity contribution in [3.8, 4) is 0 Å².